The predicted molar refractivity (Wildman–Crippen MR) is 81.1 cm³/mol. The summed E-state index contributed by atoms with van der Waals surface area (Å²) in [6.45, 7) is 6.72. The van der Waals surface area contributed by atoms with Gasteiger partial charge in [0.05, 0.1) is 6.04 Å². The summed E-state index contributed by atoms with van der Waals surface area (Å²) < 4.78 is 0. The Balaban J connectivity index is 2.27. The van der Waals surface area contributed by atoms with Gasteiger partial charge in [0, 0.05) is 30.6 Å². The van der Waals surface area contributed by atoms with Crippen LogP contribution in [0.25, 0.3) is 0 Å². The van der Waals surface area contributed by atoms with Crippen LogP contribution in [0.3, 0.4) is 0 Å². The van der Waals surface area contributed by atoms with E-state index in [-0.39, 0.29) is 6.04 Å². The topological polar surface area (TPSA) is 29.3 Å². The molecule has 0 aromatic heterocycles. The molecule has 1 fully saturated rings. The average Bonchev–Trinajstić information content (AvgIpc) is 2.42. The van der Waals surface area contributed by atoms with Gasteiger partial charge in [-0.1, -0.05) is 31.2 Å². The molecular formula is C15H24N2S. The fourth-order valence-electron chi connectivity index (χ4n) is 2.70. The number of rotatable bonds is 4. The highest BCUT2D eigenvalue weighted by Crippen LogP contribution is 2.29. The fraction of sp³-hybridized carbons (Fsp3) is 0.600. The van der Waals surface area contributed by atoms with Crippen molar-refractivity contribution in [1.82, 2.24) is 4.90 Å². The van der Waals surface area contributed by atoms with Gasteiger partial charge in [-0.3, -0.25) is 4.90 Å². The maximum atomic E-state index is 6.40. The van der Waals surface area contributed by atoms with Gasteiger partial charge in [0.25, 0.3) is 0 Å². The minimum absolute atomic E-state index is 0.231. The first-order valence-electron chi connectivity index (χ1n) is 6.87. The largest absolute Gasteiger partial charge is 0.326 e. The van der Waals surface area contributed by atoms with Crippen LogP contribution in [0.15, 0.2) is 24.3 Å². The number of nitrogens with zero attached hydrogens (tertiary/aromatic N) is 1. The van der Waals surface area contributed by atoms with Crippen LogP contribution in [0.5, 0.6) is 0 Å². The van der Waals surface area contributed by atoms with Crippen LogP contribution in [-0.4, -0.2) is 35.5 Å². The number of aryl methyl sites for hydroxylation is 1. The first-order chi connectivity index (χ1) is 8.74. The first kappa shape index (κ1) is 13.9. The van der Waals surface area contributed by atoms with E-state index in [1.54, 1.807) is 0 Å². The van der Waals surface area contributed by atoms with Crippen molar-refractivity contribution in [2.24, 2.45) is 5.73 Å². The highest BCUT2D eigenvalue weighted by molar-refractivity contribution is 7.99. The second-order valence-corrected chi connectivity index (χ2v) is 6.25. The molecule has 1 aliphatic heterocycles. The predicted octanol–water partition coefficient (Wildman–Crippen LogP) is 2.82. The summed E-state index contributed by atoms with van der Waals surface area (Å²) in [6, 6.07) is 9.31. The molecule has 2 rings (SSSR count). The lowest BCUT2D eigenvalue weighted by atomic mass is 9.93. The van der Waals surface area contributed by atoms with Crippen LogP contribution >= 0.6 is 11.8 Å². The number of hydrogen-bond donors (Lipinski definition) is 1. The molecule has 0 bridgehead atoms. The van der Waals surface area contributed by atoms with Crippen LogP contribution in [-0.2, 0) is 0 Å². The van der Waals surface area contributed by atoms with Crippen molar-refractivity contribution in [2.45, 2.75) is 32.4 Å². The van der Waals surface area contributed by atoms with Crippen molar-refractivity contribution in [3.63, 3.8) is 0 Å². The van der Waals surface area contributed by atoms with Crippen molar-refractivity contribution >= 4 is 11.8 Å². The Labute approximate surface area is 115 Å². The second-order valence-electron chi connectivity index (χ2n) is 5.02. The molecule has 2 unspecified atom stereocenters. The van der Waals surface area contributed by atoms with E-state index < -0.39 is 0 Å². The van der Waals surface area contributed by atoms with Crippen molar-refractivity contribution in [2.75, 3.05) is 24.6 Å². The lowest BCUT2D eigenvalue weighted by Crippen LogP contribution is -2.44. The molecule has 1 saturated heterocycles. The summed E-state index contributed by atoms with van der Waals surface area (Å²) in [5.74, 6) is 2.47. The van der Waals surface area contributed by atoms with Gasteiger partial charge in [-0.15, -0.1) is 0 Å². The molecule has 2 nitrogen and oxygen atoms in total. The van der Waals surface area contributed by atoms with E-state index in [9.17, 15) is 0 Å². The second kappa shape index (κ2) is 6.60. The number of hydrogen-bond acceptors (Lipinski definition) is 3. The molecule has 1 aromatic carbocycles. The van der Waals surface area contributed by atoms with Crippen LogP contribution in [0.1, 0.15) is 30.5 Å². The smallest absolute Gasteiger partial charge is 0.0502 e. The normalized spacial score (nSPS) is 20.6. The molecule has 0 amide bonds. The summed E-state index contributed by atoms with van der Waals surface area (Å²) in [5, 5.41) is 0. The zero-order valence-electron chi connectivity index (χ0n) is 11.4. The van der Waals surface area contributed by atoms with Gasteiger partial charge in [-0.2, -0.15) is 11.8 Å². The van der Waals surface area contributed by atoms with Gasteiger partial charge in [-0.05, 0) is 24.5 Å². The van der Waals surface area contributed by atoms with Gasteiger partial charge in [0.1, 0.15) is 0 Å². The first-order valence-corrected chi connectivity index (χ1v) is 8.02. The van der Waals surface area contributed by atoms with Crippen LogP contribution in [0.4, 0.5) is 0 Å². The standard InChI is InChI=1S/C15H24N2S/c1-3-14(16)15(17-8-10-18-11-9-17)13-7-5-4-6-12(13)2/h4-7,14-15H,3,8-11,16H2,1-2H3. The van der Waals surface area contributed by atoms with Crippen molar-refractivity contribution in [3.8, 4) is 0 Å². The number of nitrogens with two attached hydrogens (primary N) is 1. The lowest BCUT2D eigenvalue weighted by Gasteiger charge is -2.38. The quantitative estimate of drug-likeness (QED) is 0.907. The number of benzene rings is 1. The van der Waals surface area contributed by atoms with E-state index >= 15 is 0 Å². The summed E-state index contributed by atoms with van der Waals surface area (Å²) in [7, 11) is 0. The Hall–Kier alpha value is -0.510. The molecule has 1 aliphatic rings. The van der Waals surface area contributed by atoms with Gasteiger partial charge < -0.3 is 5.73 Å². The molecule has 0 aliphatic carbocycles. The van der Waals surface area contributed by atoms with Crippen LogP contribution in [0, 0.1) is 6.92 Å². The molecule has 3 heteroatoms. The Morgan fingerprint density at radius 3 is 2.56 bits per heavy atom. The van der Waals surface area contributed by atoms with E-state index in [2.05, 4.69) is 54.8 Å². The zero-order chi connectivity index (χ0) is 13.0. The molecule has 0 spiro atoms. The highest BCUT2D eigenvalue weighted by Gasteiger charge is 2.27. The van der Waals surface area contributed by atoms with E-state index in [1.807, 2.05) is 0 Å². The molecule has 0 radical (unpaired) electrons. The maximum absolute atomic E-state index is 6.40. The maximum Gasteiger partial charge on any atom is 0.0502 e. The average molecular weight is 264 g/mol. The van der Waals surface area contributed by atoms with Gasteiger partial charge in [-0.25, -0.2) is 0 Å². The minimum atomic E-state index is 0.231. The summed E-state index contributed by atoms with van der Waals surface area (Å²) in [6.07, 6.45) is 1.03. The van der Waals surface area contributed by atoms with Gasteiger partial charge in [0.15, 0.2) is 0 Å². The molecule has 0 saturated carbocycles. The van der Waals surface area contributed by atoms with Crippen molar-refractivity contribution in [1.29, 1.82) is 0 Å². The third-order valence-electron chi connectivity index (χ3n) is 3.82. The molecule has 18 heavy (non-hydrogen) atoms. The number of thioether (sulfide) groups is 1. The summed E-state index contributed by atoms with van der Waals surface area (Å²) in [5.41, 5.74) is 9.18. The Morgan fingerprint density at radius 1 is 1.28 bits per heavy atom. The summed E-state index contributed by atoms with van der Waals surface area (Å²) >= 11 is 2.05. The molecule has 1 aromatic rings. The van der Waals surface area contributed by atoms with Crippen molar-refractivity contribution in [3.05, 3.63) is 35.4 Å². The molecule has 2 atom stereocenters. The third kappa shape index (κ3) is 3.08. The lowest BCUT2D eigenvalue weighted by molar-refractivity contribution is 0.186. The van der Waals surface area contributed by atoms with Gasteiger partial charge >= 0.3 is 0 Å². The van der Waals surface area contributed by atoms with E-state index in [0.29, 0.717) is 6.04 Å². The fourth-order valence-corrected chi connectivity index (χ4v) is 3.63. The Kier molecular flexibility index (Phi) is 5.10. The van der Waals surface area contributed by atoms with E-state index in [4.69, 9.17) is 5.73 Å². The summed E-state index contributed by atoms with van der Waals surface area (Å²) in [4.78, 5) is 2.58. The zero-order valence-corrected chi connectivity index (χ0v) is 12.2. The van der Waals surface area contributed by atoms with E-state index in [0.717, 1.165) is 19.5 Å². The Bertz CT molecular complexity index is 375. The molecule has 100 valence electrons. The molecular weight excluding hydrogens is 240 g/mol. The third-order valence-corrected chi connectivity index (χ3v) is 4.77. The molecule has 1 heterocycles. The molecule has 2 N–H and O–H groups in total. The van der Waals surface area contributed by atoms with E-state index in [1.165, 1.54) is 22.6 Å². The highest BCUT2D eigenvalue weighted by atomic mass is 32.2. The monoisotopic (exact) mass is 264 g/mol. The van der Waals surface area contributed by atoms with Crippen LogP contribution in [0.2, 0.25) is 0 Å². The van der Waals surface area contributed by atoms with Crippen LogP contribution < -0.4 is 5.73 Å². The van der Waals surface area contributed by atoms with Gasteiger partial charge in [0.2, 0.25) is 0 Å². The minimum Gasteiger partial charge on any atom is -0.326 e. The Morgan fingerprint density at radius 2 is 1.94 bits per heavy atom. The van der Waals surface area contributed by atoms with Crippen molar-refractivity contribution < 1.29 is 0 Å². The SMILES string of the molecule is CCC(N)C(c1ccccc1C)N1CCSCC1.